The minimum atomic E-state index is -1.15. The van der Waals surface area contributed by atoms with E-state index in [4.69, 9.17) is 18.9 Å². The minimum absolute atomic E-state index is 0.0418. The number of methoxy groups -OCH3 is 1. The lowest BCUT2D eigenvalue weighted by Gasteiger charge is -2.33. The highest BCUT2D eigenvalue weighted by Gasteiger charge is 2.41. The van der Waals surface area contributed by atoms with Crippen LogP contribution in [0.5, 0.6) is 6.01 Å². The molecule has 0 amide bonds. The number of halogens is 1. The number of hydrogen-bond donors (Lipinski definition) is 2. The van der Waals surface area contributed by atoms with Gasteiger partial charge in [0.1, 0.15) is 17.8 Å². The van der Waals surface area contributed by atoms with Crippen molar-refractivity contribution in [2.24, 2.45) is 5.41 Å². The van der Waals surface area contributed by atoms with Crippen LogP contribution in [0, 0.1) is 11.2 Å². The number of nitrogens with zero attached hydrogens (tertiary/aromatic N) is 3. The van der Waals surface area contributed by atoms with E-state index in [2.05, 4.69) is 19.9 Å². The number of nitrogens with one attached hydrogen (secondary N) is 1. The number of hydrogen-bond acceptors (Lipinski definition) is 8. The van der Waals surface area contributed by atoms with Crippen molar-refractivity contribution in [3.05, 3.63) is 48.2 Å². The zero-order valence-corrected chi connectivity index (χ0v) is 18.1. The van der Waals surface area contributed by atoms with Crippen LogP contribution >= 0.6 is 0 Å². The van der Waals surface area contributed by atoms with Crippen molar-refractivity contribution in [3.8, 4) is 28.7 Å². The first kappa shape index (κ1) is 22.8. The average molecular weight is 458 g/mol. The van der Waals surface area contributed by atoms with Crippen LogP contribution in [-0.2, 0) is 19.0 Å². The smallest absolute Gasteiger partial charge is 0.317 e. The van der Waals surface area contributed by atoms with Gasteiger partial charge >= 0.3 is 12.0 Å². The standard InChI is InChI=1S/C22H23FN4O6/c1-22(20(28)29)11-32-19(33-12-22)18-26-16(13-3-5-14(23)6-4-13)17(27-18)15-7-8-24-21(25-15)31-10-9-30-2/h3-8,19H,9-12H2,1-2H3,(H,26,27)(H,28,29). The fraction of sp³-hybridized carbons (Fsp3) is 0.364. The van der Waals surface area contributed by atoms with Gasteiger partial charge in [-0.3, -0.25) is 4.79 Å². The maximum Gasteiger partial charge on any atom is 0.317 e. The zero-order chi connectivity index (χ0) is 23.4. The van der Waals surface area contributed by atoms with Gasteiger partial charge in [-0.2, -0.15) is 4.98 Å². The van der Waals surface area contributed by atoms with E-state index in [1.807, 2.05) is 0 Å². The largest absolute Gasteiger partial charge is 0.481 e. The summed E-state index contributed by atoms with van der Waals surface area (Å²) in [4.78, 5) is 27.8. The van der Waals surface area contributed by atoms with E-state index in [-0.39, 0.29) is 31.6 Å². The molecule has 0 radical (unpaired) electrons. The molecule has 2 N–H and O–H groups in total. The lowest BCUT2D eigenvalue weighted by molar-refractivity contribution is -0.236. The molecular formula is C22H23FN4O6. The van der Waals surface area contributed by atoms with Gasteiger partial charge in [-0.25, -0.2) is 14.4 Å². The number of aromatic nitrogens is 4. The second-order valence-corrected chi connectivity index (χ2v) is 7.74. The first-order chi connectivity index (χ1) is 15.9. The van der Waals surface area contributed by atoms with Gasteiger partial charge in [0.15, 0.2) is 5.82 Å². The maximum atomic E-state index is 13.5. The van der Waals surface area contributed by atoms with Crippen molar-refractivity contribution < 1.29 is 33.2 Å². The lowest BCUT2D eigenvalue weighted by atomic mass is 9.92. The van der Waals surface area contributed by atoms with Crippen molar-refractivity contribution in [2.45, 2.75) is 13.2 Å². The Bertz CT molecular complexity index is 1110. The van der Waals surface area contributed by atoms with Gasteiger partial charge in [0.25, 0.3) is 0 Å². The van der Waals surface area contributed by atoms with Gasteiger partial charge in [-0.05, 0) is 37.3 Å². The molecule has 1 aromatic carbocycles. The second-order valence-electron chi connectivity index (χ2n) is 7.74. The maximum absolute atomic E-state index is 13.5. The molecule has 33 heavy (non-hydrogen) atoms. The van der Waals surface area contributed by atoms with Gasteiger partial charge in [0, 0.05) is 18.9 Å². The third-order valence-corrected chi connectivity index (χ3v) is 5.09. The highest BCUT2D eigenvalue weighted by molar-refractivity contribution is 5.77. The van der Waals surface area contributed by atoms with Crippen molar-refractivity contribution in [3.63, 3.8) is 0 Å². The quantitative estimate of drug-likeness (QED) is 0.490. The van der Waals surface area contributed by atoms with Crippen molar-refractivity contribution >= 4 is 5.97 Å². The molecule has 1 aliphatic rings. The topological polar surface area (TPSA) is 129 Å². The van der Waals surface area contributed by atoms with Gasteiger partial charge in [-0.1, -0.05) is 0 Å². The predicted octanol–water partition coefficient (Wildman–Crippen LogP) is 2.83. The van der Waals surface area contributed by atoms with E-state index < -0.39 is 17.7 Å². The number of carboxylic acid groups (broad SMARTS) is 1. The van der Waals surface area contributed by atoms with E-state index in [0.717, 1.165) is 0 Å². The van der Waals surface area contributed by atoms with Crippen LogP contribution in [0.2, 0.25) is 0 Å². The zero-order valence-electron chi connectivity index (χ0n) is 18.1. The van der Waals surface area contributed by atoms with Crippen molar-refractivity contribution in [1.29, 1.82) is 0 Å². The molecule has 1 saturated heterocycles. The van der Waals surface area contributed by atoms with Crippen LogP contribution in [0.25, 0.3) is 22.6 Å². The summed E-state index contributed by atoms with van der Waals surface area (Å²) in [6.45, 7) is 2.13. The summed E-state index contributed by atoms with van der Waals surface area (Å²) in [5.74, 6) is -1.05. The minimum Gasteiger partial charge on any atom is -0.481 e. The van der Waals surface area contributed by atoms with E-state index in [9.17, 15) is 14.3 Å². The molecule has 0 spiro atoms. The van der Waals surface area contributed by atoms with Crippen LogP contribution in [0.1, 0.15) is 19.0 Å². The van der Waals surface area contributed by atoms with E-state index in [0.29, 0.717) is 35.1 Å². The molecule has 0 bridgehead atoms. The Balaban J connectivity index is 1.68. The molecule has 2 aromatic heterocycles. The third-order valence-electron chi connectivity index (χ3n) is 5.09. The summed E-state index contributed by atoms with van der Waals surface area (Å²) in [6.07, 6.45) is 0.648. The van der Waals surface area contributed by atoms with Gasteiger partial charge in [0.05, 0.1) is 36.9 Å². The van der Waals surface area contributed by atoms with Crippen LogP contribution < -0.4 is 4.74 Å². The Morgan fingerprint density at radius 2 is 1.94 bits per heavy atom. The van der Waals surface area contributed by atoms with Crippen molar-refractivity contribution in [2.75, 3.05) is 33.5 Å². The lowest BCUT2D eigenvalue weighted by Crippen LogP contribution is -2.42. The number of carbonyl (C=O) groups is 1. The first-order valence-electron chi connectivity index (χ1n) is 10.2. The predicted molar refractivity (Wildman–Crippen MR) is 113 cm³/mol. The number of benzene rings is 1. The van der Waals surface area contributed by atoms with Crippen LogP contribution in [0.15, 0.2) is 36.5 Å². The number of aliphatic carboxylic acids is 1. The molecule has 0 aliphatic carbocycles. The monoisotopic (exact) mass is 458 g/mol. The van der Waals surface area contributed by atoms with Crippen LogP contribution in [-0.4, -0.2) is 64.5 Å². The second kappa shape index (κ2) is 9.61. The van der Waals surface area contributed by atoms with Gasteiger partial charge in [0.2, 0.25) is 6.29 Å². The average Bonchev–Trinajstić information content (AvgIpc) is 3.26. The number of ether oxygens (including phenoxy) is 4. The molecule has 3 aromatic rings. The summed E-state index contributed by atoms with van der Waals surface area (Å²) in [6, 6.07) is 7.70. The Morgan fingerprint density at radius 3 is 2.61 bits per heavy atom. The molecule has 0 saturated carbocycles. The van der Waals surface area contributed by atoms with E-state index in [1.165, 1.54) is 12.1 Å². The Morgan fingerprint density at radius 1 is 1.21 bits per heavy atom. The van der Waals surface area contributed by atoms with Crippen molar-refractivity contribution in [1.82, 2.24) is 19.9 Å². The molecule has 4 rings (SSSR count). The molecule has 1 aliphatic heterocycles. The number of H-pyrrole nitrogens is 1. The SMILES string of the molecule is COCCOc1nccc(-c2[nH]c(C3OCC(C)(C(=O)O)CO3)nc2-c2ccc(F)cc2)n1. The highest BCUT2D eigenvalue weighted by atomic mass is 19.1. The molecule has 0 unspecified atom stereocenters. The summed E-state index contributed by atoms with van der Waals surface area (Å²) in [5, 5.41) is 9.38. The summed E-state index contributed by atoms with van der Waals surface area (Å²) >= 11 is 0. The molecule has 174 valence electrons. The van der Waals surface area contributed by atoms with E-state index >= 15 is 0 Å². The molecule has 11 heteroatoms. The normalized spacial score (nSPS) is 20.5. The fourth-order valence-corrected chi connectivity index (χ4v) is 3.16. The molecule has 0 atom stereocenters. The highest BCUT2D eigenvalue weighted by Crippen LogP contribution is 2.35. The molecule has 3 heterocycles. The Labute approximate surface area is 188 Å². The summed E-state index contributed by atoms with van der Waals surface area (Å²) in [5.41, 5.74) is 0.995. The first-order valence-corrected chi connectivity index (χ1v) is 10.2. The van der Waals surface area contributed by atoms with Crippen LogP contribution in [0.4, 0.5) is 4.39 Å². The third kappa shape index (κ3) is 5.00. The van der Waals surface area contributed by atoms with E-state index in [1.54, 1.807) is 38.4 Å². The molecule has 1 fully saturated rings. The number of carboxylic acids is 1. The van der Waals surface area contributed by atoms with Crippen LogP contribution in [0.3, 0.4) is 0 Å². The number of aromatic amines is 1. The molecular weight excluding hydrogens is 435 g/mol. The summed E-state index contributed by atoms with van der Waals surface area (Å²) in [7, 11) is 1.57. The van der Waals surface area contributed by atoms with Gasteiger partial charge in [-0.15, -0.1) is 0 Å². The number of rotatable bonds is 8. The Kier molecular flexibility index (Phi) is 6.63. The van der Waals surface area contributed by atoms with Gasteiger partial charge < -0.3 is 29.0 Å². The number of imidazole rings is 1. The Hall–Kier alpha value is -3.41. The molecule has 10 nitrogen and oxygen atoms in total. The fourth-order valence-electron chi connectivity index (χ4n) is 3.16. The summed E-state index contributed by atoms with van der Waals surface area (Å²) < 4.78 is 35.3.